The van der Waals surface area contributed by atoms with Crippen LogP contribution in [0.3, 0.4) is 0 Å². The van der Waals surface area contributed by atoms with Crippen molar-refractivity contribution in [2.45, 2.75) is 45.3 Å². The molecule has 0 aliphatic rings. The van der Waals surface area contributed by atoms with Crippen molar-refractivity contribution in [3.8, 4) is 0 Å². The summed E-state index contributed by atoms with van der Waals surface area (Å²) in [6.07, 6.45) is 4.60. The minimum Gasteiger partial charge on any atom is -0.301 e. The van der Waals surface area contributed by atoms with Crippen LogP contribution in [0.2, 0.25) is 0 Å². The molecule has 0 fully saturated rings. The van der Waals surface area contributed by atoms with Gasteiger partial charge in [0.25, 0.3) is 0 Å². The molecule has 0 aromatic rings. The summed E-state index contributed by atoms with van der Waals surface area (Å²) in [5.74, 6) is -0.898. The number of nitrogens with two attached hydrogens (primary N) is 2. The predicted octanol–water partition coefficient (Wildman–Crippen LogP) is 1.29. The molecule has 0 heterocycles. The number of nitrogens with zero attached hydrogens (tertiary/aromatic N) is 1. The second-order valence-electron chi connectivity index (χ2n) is 3.69. The highest BCUT2D eigenvalue weighted by molar-refractivity contribution is 4.80. The van der Waals surface area contributed by atoms with Gasteiger partial charge in [-0.05, 0) is 19.8 Å². The van der Waals surface area contributed by atoms with Crippen molar-refractivity contribution in [1.29, 1.82) is 0 Å². The van der Waals surface area contributed by atoms with Gasteiger partial charge in [0.2, 0.25) is 0 Å². The Bertz CT molecular complexity index is 110. The van der Waals surface area contributed by atoms with Gasteiger partial charge < -0.3 is 11.5 Å². The Morgan fingerprint density at radius 2 is 1.46 bits per heavy atom. The Morgan fingerprint density at radius 3 is 1.69 bits per heavy atom. The van der Waals surface area contributed by atoms with Gasteiger partial charge in [0, 0.05) is 13.1 Å². The minimum absolute atomic E-state index is 0.898. The maximum Gasteiger partial charge on any atom is 0.121 e. The molecule has 4 N–H and O–H groups in total. The average molecular weight is 186 g/mol. The Morgan fingerprint density at radius 1 is 1.08 bits per heavy atom. The highest BCUT2D eigenvalue weighted by Gasteiger charge is 2.20. The molecule has 0 amide bonds. The van der Waals surface area contributed by atoms with Gasteiger partial charge in [0.05, 0.1) is 0 Å². The first kappa shape index (κ1) is 12.9. The predicted molar refractivity (Wildman–Crippen MR) is 57.9 cm³/mol. The second-order valence-corrected chi connectivity index (χ2v) is 3.69. The van der Waals surface area contributed by atoms with Crippen LogP contribution in [-0.4, -0.2) is 23.8 Å². The van der Waals surface area contributed by atoms with Crippen LogP contribution in [-0.2, 0) is 0 Å². The van der Waals surface area contributed by atoms with E-state index in [0.29, 0.717) is 0 Å². The highest BCUT2D eigenvalue weighted by atomic mass is 15.3. The minimum atomic E-state index is -0.898. The SMILES string of the molecule is [CH2]C(N)(N)N(CCCC)CCCC. The van der Waals surface area contributed by atoms with Crippen LogP contribution in [0.25, 0.3) is 0 Å². The van der Waals surface area contributed by atoms with Gasteiger partial charge in [-0.3, -0.25) is 4.90 Å². The Hall–Kier alpha value is -0.120. The van der Waals surface area contributed by atoms with Crippen LogP contribution < -0.4 is 11.5 Å². The summed E-state index contributed by atoms with van der Waals surface area (Å²) in [5.41, 5.74) is 11.5. The first-order valence-electron chi connectivity index (χ1n) is 5.20. The first-order valence-corrected chi connectivity index (χ1v) is 5.20. The molecule has 0 saturated heterocycles. The Balaban J connectivity index is 3.88. The number of unbranched alkanes of at least 4 members (excludes halogenated alkanes) is 2. The van der Waals surface area contributed by atoms with Crippen molar-refractivity contribution in [2.75, 3.05) is 13.1 Å². The molecule has 79 valence electrons. The van der Waals surface area contributed by atoms with Crippen molar-refractivity contribution in [1.82, 2.24) is 4.90 Å². The van der Waals surface area contributed by atoms with E-state index in [0.717, 1.165) is 25.9 Å². The van der Waals surface area contributed by atoms with Crippen LogP contribution >= 0.6 is 0 Å². The molecule has 0 rings (SSSR count). The second kappa shape index (κ2) is 6.35. The van der Waals surface area contributed by atoms with E-state index in [2.05, 4.69) is 25.7 Å². The third-order valence-corrected chi connectivity index (χ3v) is 2.15. The van der Waals surface area contributed by atoms with Gasteiger partial charge in [-0.15, -0.1) is 0 Å². The molecule has 13 heavy (non-hydrogen) atoms. The fraction of sp³-hybridized carbons (Fsp3) is 0.900. The Kier molecular flexibility index (Phi) is 6.29. The number of hydrogen-bond donors (Lipinski definition) is 2. The molecule has 0 aliphatic heterocycles. The molecule has 3 nitrogen and oxygen atoms in total. The smallest absolute Gasteiger partial charge is 0.121 e. The fourth-order valence-electron chi connectivity index (χ4n) is 1.23. The van der Waals surface area contributed by atoms with Gasteiger partial charge >= 0.3 is 0 Å². The fourth-order valence-corrected chi connectivity index (χ4v) is 1.23. The van der Waals surface area contributed by atoms with E-state index in [1.54, 1.807) is 0 Å². The molecule has 0 aromatic carbocycles. The quantitative estimate of drug-likeness (QED) is 0.589. The molecule has 0 bridgehead atoms. The molecule has 3 heteroatoms. The molecular formula is C10H24N3. The van der Waals surface area contributed by atoms with Gasteiger partial charge in [0.15, 0.2) is 0 Å². The van der Waals surface area contributed by atoms with Gasteiger partial charge in [0.1, 0.15) is 5.79 Å². The van der Waals surface area contributed by atoms with Gasteiger partial charge in [-0.25, -0.2) is 0 Å². The van der Waals surface area contributed by atoms with Gasteiger partial charge in [-0.1, -0.05) is 26.7 Å². The monoisotopic (exact) mass is 186 g/mol. The van der Waals surface area contributed by atoms with E-state index in [9.17, 15) is 0 Å². The zero-order valence-electron chi connectivity index (χ0n) is 9.05. The summed E-state index contributed by atoms with van der Waals surface area (Å²) >= 11 is 0. The van der Waals surface area contributed by atoms with E-state index in [1.807, 2.05) is 0 Å². The molecule has 0 unspecified atom stereocenters. The van der Waals surface area contributed by atoms with Crippen molar-refractivity contribution in [3.05, 3.63) is 6.92 Å². The molecule has 0 aromatic heterocycles. The molecule has 0 aliphatic carbocycles. The van der Waals surface area contributed by atoms with Crippen molar-refractivity contribution in [3.63, 3.8) is 0 Å². The van der Waals surface area contributed by atoms with E-state index in [4.69, 9.17) is 11.5 Å². The van der Waals surface area contributed by atoms with E-state index in [1.165, 1.54) is 12.8 Å². The summed E-state index contributed by atoms with van der Waals surface area (Å²) < 4.78 is 0. The lowest BCUT2D eigenvalue weighted by atomic mass is 10.2. The Labute approximate surface area is 82.5 Å². The summed E-state index contributed by atoms with van der Waals surface area (Å²) in [6.45, 7) is 9.99. The van der Waals surface area contributed by atoms with E-state index < -0.39 is 5.79 Å². The number of rotatable bonds is 7. The highest BCUT2D eigenvalue weighted by Crippen LogP contribution is 2.05. The van der Waals surface area contributed by atoms with Crippen molar-refractivity contribution >= 4 is 0 Å². The lowest BCUT2D eigenvalue weighted by Crippen LogP contribution is -2.61. The van der Waals surface area contributed by atoms with Gasteiger partial charge in [-0.2, -0.15) is 0 Å². The lowest BCUT2D eigenvalue weighted by Gasteiger charge is -2.34. The summed E-state index contributed by atoms with van der Waals surface area (Å²) in [7, 11) is 0. The largest absolute Gasteiger partial charge is 0.301 e. The van der Waals surface area contributed by atoms with Crippen molar-refractivity contribution in [2.24, 2.45) is 11.5 Å². The zero-order valence-corrected chi connectivity index (χ0v) is 9.05. The zero-order chi connectivity index (χ0) is 10.3. The first-order chi connectivity index (χ1) is 6.02. The van der Waals surface area contributed by atoms with Crippen LogP contribution in [0.5, 0.6) is 0 Å². The topological polar surface area (TPSA) is 55.3 Å². The van der Waals surface area contributed by atoms with Crippen LogP contribution in [0.15, 0.2) is 0 Å². The van der Waals surface area contributed by atoms with E-state index in [-0.39, 0.29) is 0 Å². The number of hydrogen-bond acceptors (Lipinski definition) is 3. The molecular weight excluding hydrogens is 162 g/mol. The summed E-state index contributed by atoms with van der Waals surface area (Å²) in [4.78, 5) is 2.06. The third-order valence-electron chi connectivity index (χ3n) is 2.15. The summed E-state index contributed by atoms with van der Waals surface area (Å²) in [5, 5.41) is 0. The lowest BCUT2D eigenvalue weighted by molar-refractivity contribution is 0.133. The molecule has 0 saturated carbocycles. The average Bonchev–Trinajstić information content (AvgIpc) is 2.02. The standard InChI is InChI=1S/C10H24N3/c1-4-6-8-13(9-7-5-2)10(3,11)12/h3-9,11-12H2,1-2H3. The normalized spacial score (nSPS) is 12.5. The van der Waals surface area contributed by atoms with Crippen LogP contribution in [0.4, 0.5) is 0 Å². The third kappa shape index (κ3) is 6.02. The molecule has 0 atom stereocenters. The molecule has 1 radical (unpaired) electrons. The van der Waals surface area contributed by atoms with Crippen LogP contribution in [0, 0.1) is 6.92 Å². The summed E-state index contributed by atoms with van der Waals surface area (Å²) in [6, 6.07) is 0. The van der Waals surface area contributed by atoms with Crippen LogP contribution in [0.1, 0.15) is 39.5 Å². The van der Waals surface area contributed by atoms with Crippen molar-refractivity contribution < 1.29 is 0 Å². The van der Waals surface area contributed by atoms with E-state index >= 15 is 0 Å². The maximum absolute atomic E-state index is 5.75. The molecule has 0 spiro atoms. The maximum atomic E-state index is 5.75.